The third kappa shape index (κ3) is 5.44. The normalized spacial score (nSPS) is 17.4. The molecule has 0 amide bonds. The van der Waals surface area contributed by atoms with E-state index in [1.54, 1.807) is 0 Å². The van der Waals surface area contributed by atoms with Gasteiger partial charge in [0.2, 0.25) is 0 Å². The lowest BCUT2D eigenvalue weighted by Crippen LogP contribution is -2.27. The van der Waals surface area contributed by atoms with Crippen LogP contribution in [-0.4, -0.2) is 19.4 Å². The lowest BCUT2D eigenvalue weighted by molar-refractivity contribution is 0.0290. The van der Waals surface area contributed by atoms with Crippen molar-refractivity contribution in [1.82, 2.24) is 0 Å². The van der Waals surface area contributed by atoms with Gasteiger partial charge in [-0.15, -0.1) is 0 Å². The van der Waals surface area contributed by atoms with Gasteiger partial charge in [-0.3, -0.25) is 0 Å². The highest BCUT2D eigenvalue weighted by Gasteiger charge is 2.25. The summed E-state index contributed by atoms with van der Waals surface area (Å²) in [6.45, 7) is 2.14. The molecule has 0 aromatic rings. The first-order valence-corrected chi connectivity index (χ1v) is 7.01. The van der Waals surface area contributed by atoms with Gasteiger partial charge in [-0.2, -0.15) is 0 Å². The maximum atomic E-state index is 11.2. The highest BCUT2D eigenvalue weighted by atomic mass is 16.7. The van der Waals surface area contributed by atoms with Crippen molar-refractivity contribution < 1.29 is 14.3 Å². The molecule has 1 rings (SSSR count). The second-order valence-corrected chi connectivity index (χ2v) is 4.82. The fourth-order valence-corrected chi connectivity index (χ4v) is 2.27. The lowest BCUT2D eigenvalue weighted by atomic mass is 9.85. The Balaban J connectivity index is 2.54. The Kier molecular flexibility index (Phi) is 7.32. The molecular weight excluding hydrogens is 228 g/mol. The number of methoxy groups -OCH3 is 1. The van der Waals surface area contributed by atoms with Crippen LogP contribution in [0.3, 0.4) is 0 Å². The molecule has 1 aliphatic carbocycles. The van der Waals surface area contributed by atoms with Gasteiger partial charge in [-0.05, 0) is 19.3 Å². The maximum absolute atomic E-state index is 11.2. The van der Waals surface area contributed by atoms with Gasteiger partial charge in [-0.25, -0.2) is 4.79 Å². The molecule has 0 aromatic heterocycles. The Morgan fingerprint density at radius 1 is 1.33 bits per heavy atom. The number of hydrogen-bond acceptors (Lipinski definition) is 3. The van der Waals surface area contributed by atoms with E-state index in [0.717, 1.165) is 32.1 Å². The fourth-order valence-electron chi connectivity index (χ4n) is 2.27. The summed E-state index contributed by atoms with van der Waals surface area (Å²) < 4.78 is 9.85. The van der Waals surface area contributed by atoms with Crippen molar-refractivity contribution in [2.75, 3.05) is 7.11 Å². The van der Waals surface area contributed by atoms with Crippen LogP contribution in [0.5, 0.6) is 0 Å². The Bertz CT molecular complexity index is 295. The van der Waals surface area contributed by atoms with Crippen molar-refractivity contribution in [3.8, 4) is 11.8 Å². The first-order chi connectivity index (χ1) is 8.77. The lowest BCUT2D eigenvalue weighted by Gasteiger charge is -2.26. The predicted octanol–water partition coefficient (Wildman–Crippen LogP) is 3.91. The van der Waals surface area contributed by atoms with E-state index in [0.29, 0.717) is 5.92 Å². The van der Waals surface area contributed by atoms with Gasteiger partial charge >= 0.3 is 6.16 Å². The molecule has 0 unspecified atom stereocenters. The van der Waals surface area contributed by atoms with Crippen LogP contribution in [-0.2, 0) is 9.47 Å². The number of carbonyl (C=O) groups is 1. The number of unbranched alkanes of at least 4 members (excludes halogenated alkanes) is 2. The van der Waals surface area contributed by atoms with Crippen molar-refractivity contribution in [2.45, 2.75) is 64.4 Å². The predicted molar refractivity (Wildman–Crippen MR) is 71.2 cm³/mol. The molecule has 102 valence electrons. The standard InChI is InChI=1S/C15H24O3/c1-3-4-5-9-12-14(18-15(16)17-2)13-10-7-6-8-11-13/h13-14H,3-8,10-11H2,1-2H3/t14-/m0/s1. The fraction of sp³-hybridized carbons (Fsp3) is 0.800. The van der Waals surface area contributed by atoms with Crippen molar-refractivity contribution in [3.63, 3.8) is 0 Å². The smallest absolute Gasteiger partial charge is 0.438 e. The van der Waals surface area contributed by atoms with Crippen molar-refractivity contribution in [3.05, 3.63) is 0 Å². The zero-order valence-electron chi connectivity index (χ0n) is 11.5. The number of rotatable bonds is 4. The molecule has 3 nitrogen and oxygen atoms in total. The third-order valence-corrected chi connectivity index (χ3v) is 3.37. The maximum Gasteiger partial charge on any atom is 0.509 e. The molecule has 1 atom stereocenters. The molecule has 0 radical (unpaired) electrons. The topological polar surface area (TPSA) is 35.5 Å². The zero-order valence-corrected chi connectivity index (χ0v) is 11.5. The van der Waals surface area contributed by atoms with Gasteiger partial charge in [0.15, 0.2) is 6.10 Å². The van der Waals surface area contributed by atoms with Gasteiger partial charge in [0.05, 0.1) is 7.11 Å². The van der Waals surface area contributed by atoms with E-state index in [1.807, 2.05) is 0 Å². The second-order valence-electron chi connectivity index (χ2n) is 4.82. The molecule has 1 fully saturated rings. The Labute approximate surface area is 110 Å². The largest absolute Gasteiger partial charge is 0.509 e. The van der Waals surface area contributed by atoms with Gasteiger partial charge in [-0.1, -0.05) is 44.4 Å². The monoisotopic (exact) mass is 252 g/mol. The third-order valence-electron chi connectivity index (χ3n) is 3.37. The van der Waals surface area contributed by atoms with E-state index >= 15 is 0 Å². The number of hydrogen-bond donors (Lipinski definition) is 0. The van der Waals surface area contributed by atoms with Crippen LogP contribution in [0.2, 0.25) is 0 Å². The molecule has 0 bridgehead atoms. The van der Waals surface area contributed by atoms with Gasteiger partial charge in [0.1, 0.15) is 0 Å². The molecule has 18 heavy (non-hydrogen) atoms. The van der Waals surface area contributed by atoms with E-state index in [4.69, 9.17) is 4.74 Å². The molecule has 1 aliphatic rings. The summed E-state index contributed by atoms with van der Waals surface area (Å²) in [5.74, 6) is 6.63. The molecule has 0 heterocycles. The van der Waals surface area contributed by atoms with Gasteiger partial charge < -0.3 is 9.47 Å². The number of carbonyl (C=O) groups excluding carboxylic acids is 1. The molecule has 0 saturated heterocycles. The Morgan fingerprint density at radius 3 is 2.67 bits per heavy atom. The first-order valence-electron chi connectivity index (χ1n) is 7.01. The minimum Gasteiger partial charge on any atom is -0.438 e. The Hall–Kier alpha value is -1.17. The zero-order chi connectivity index (χ0) is 13.2. The molecule has 3 heteroatoms. The SMILES string of the molecule is CCCCC#C[C@H](OC(=O)OC)C1CCCCC1. The van der Waals surface area contributed by atoms with Crippen molar-refractivity contribution in [2.24, 2.45) is 5.92 Å². The minimum absolute atomic E-state index is 0.283. The molecule has 0 aliphatic heterocycles. The van der Waals surface area contributed by atoms with Crippen LogP contribution in [0.25, 0.3) is 0 Å². The van der Waals surface area contributed by atoms with Crippen molar-refractivity contribution in [1.29, 1.82) is 0 Å². The summed E-state index contributed by atoms with van der Waals surface area (Å²) in [7, 11) is 1.34. The second kappa shape index (κ2) is 8.85. The Morgan fingerprint density at radius 2 is 2.06 bits per heavy atom. The van der Waals surface area contributed by atoms with Gasteiger partial charge in [0, 0.05) is 12.3 Å². The average Bonchev–Trinajstić information content (AvgIpc) is 2.43. The summed E-state index contributed by atoms with van der Waals surface area (Å²) in [5, 5.41) is 0. The molecule has 1 saturated carbocycles. The van der Waals surface area contributed by atoms with E-state index in [-0.39, 0.29) is 6.10 Å². The quantitative estimate of drug-likeness (QED) is 0.432. The van der Waals surface area contributed by atoms with Crippen molar-refractivity contribution >= 4 is 6.16 Å². The molecular formula is C15H24O3. The molecule has 0 aromatic carbocycles. The summed E-state index contributed by atoms with van der Waals surface area (Å²) in [5.41, 5.74) is 0. The summed E-state index contributed by atoms with van der Waals surface area (Å²) in [6.07, 6.45) is 8.13. The highest BCUT2D eigenvalue weighted by molar-refractivity contribution is 5.60. The van der Waals surface area contributed by atoms with E-state index in [9.17, 15) is 4.79 Å². The number of ether oxygens (including phenoxy) is 2. The molecule has 0 N–H and O–H groups in total. The average molecular weight is 252 g/mol. The first kappa shape index (κ1) is 14.9. The molecule has 0 spiro atoms. The summed E-state index contributed by atoms with van der Waals surface area (Å²) in [4.78, 5) is 11.2. The summed E-state index contributed by atoms with van der Waals surface area (Å²) in [6, 6.07) is 0. The van der Waals surface area contributed by atoms with Gasteiger partial charge in [0.25, 0.3) is 0 Å². The van der Waals surface area contributed by atoms with Crippen LogP contribution >= 0.6 is 0 Å². The minimum atomic E-state index is -0.615. The summed E-state index contributed by atoms with van der Waals surface area (Å²) >= 11 is 0. The van der Waals surface area contributed by atoms with E-state index in [1.165, 1.54) is 26.4 Å². The highest BCUT2D eigenvalue weighted by Crippen LogP contribution is 2.28. The van der Waals surface area contributed by atoms with Crippen LogP contribution in [0.15, 0.2) is 0 Å². The van der Waals surface area contributed by atoms with E-state index < -0.39 is 6.16 Å². The van der Waals surface area contributed by atoms with Crippen LogP contribution < -0.4 is 0 Å². The van der Waals surface area contributed by atoms with Crippen LogP contribution in [0.4, 0.5) is 4.79 Å². The van der Waals surface area contributed by atoms with Crippen LogP contribution in [0.1, 0.15) is 58.3 Å². The van der Waals surface area contributed by atoms with E-state index in [2.05, 4.69) is 23.5 Å². The van der Waals surface area contributed by atoms with Crippen LogP contribution in [0, 0.1) is 17.8 Å².